The normalized spacial score (nSPS) is 11.2. The molecule has 8 aromatic carbocycles. The average Bonchev–Trinajstić information content (AvgIpc) is 3.86. The standard InChI is InChI=1S/C55H31N7/c1-56-39-14-10-12-36(30-39)48-34-49(60-55(59-48)38-13-11-15-40(31-38)57-2)37-24-28-43(50(32-37)58-3)35-22-25-41(26-23-35)61-53-21-9-6-18-46(53)47-33-42(27-29-54(47)61)62-51-19-7-4-16-44(51)45-17-5-8-20-52(45)62/h4-34H. The lowest BCUT2D eigenvalue weighted by Crippen LogP contribution is -1.96. The molecule has 0 saturated heterocycles. The third kappa shape index (κ3) is 5.96. The van der Waals surface area contributed by atoms with Crippen molar-refractivity contribution in [3.05, 3.63) is 222 Å². The van der Waals surface area contributed by atoms with Crippen LogP contribution in [-0.4, -0.2) is 19.1 Å². The summed E-state index contributed by atoms with van der Waals surface area (Å²) < 4.78 is 4.67. The van der Waals surface area contributed by atoms with Crippen LogP contribution in [0.2, 0.25) is 0 Å². The molecular weight excluding hydrogens is 759 g/mol. The highest BCUT2D eigenvalue weighted by Crippen LogP contribution is 2.40. The SMILES string of the molecule is [C-]#[N+]c1cccc(-c2cc(-c3ccc(-c4ccc(-n5c6ccccc6c6cc(-n7c8ccccc8c8ccccc87)ccc65)cc4)c([N+]#[C-])c3)nc(-c3cccc([N+]#[C-])c3)n2)c1. The van der Waals surface area contributed by atoms with Crippen molar-refractivity contribution in [3.63, 3.8) is 0 Å². The third-order valence-electron chi connectivity index (χ3n) is 11.6. The van der Waals surface area contributed by atoms with E-state index < -0.39 is 0 Å². The molecule has 3 aromatic heterocycles. The van der Waals surface area contributed by atoms with Gasteiger partial charge in [0.2, 0.25) is 0 Å². The predicted octanol–water partition coefficient (Wildman–Crippen LogP) is 15.0. The van der Waals surface area contributed by atoms with Gasteiger partial charge in [0.25, 0.3) is 0 Å². The Hall–Kier alpha value is -9.09. The molecule has 0 aliphatic carbocycles. The summed E-state index contributed by atoms with van der Waals surface area (Å²) in [6, 6.07) is 63.2. The zero-order valence-electron chi connectivity index (χ0n) is 33.0. The maximum Gasteiger partial charge on any atom is 0.195 e. The molecule has 0 aliphatic rings. The molecule has 286 valence electrons. The fraction of sp³-hybridized carbons (Fsp3) is 0. The van der Waals surface area contributed by atoms with Crippen molar-refractivity contribution < 1.29 is 0 Å². The van der Waals surface area contributed by atoms with E-state index >= 15 is 0 Å². The highest BCUT2D eigenvalue weighted by molar-refractivity contribution is 6.12. The monoisotopic (exact) mass is 789 g/mol. The minimum absolute atomic E-state index is 0.452. The molecule has 62 heavy (non-hydrogen) atoms. The molecule has 0 unspecified atom stereocenters. The van der Waals surface area contributed by atoms with Crippen molar-refractivity contribution in [2.24, 2.45) is 0 Å². The molecule has 11 rings (SSSR count). The number of para-hydroxylation sites is 3. The summed E-state index contributed by atoms with van der Waals surface area (Å²) in [7, 11) is 0. The van der Waals surface area contributed by atoms with Gasteiger partial charge in [-0.15, -0.1) is 0 Å². The molecule has 0 spiro atoms. The molecule has 0 N–H and O–H groups in total. The molecule has 0 radical (unpaired) electrons. The van der Waals surface area contributed by atoms with Gasteiger partial charge >= 0.3 is 0 Å². The van der Waals surface area contributed by atoms with Crippen LogP contribution < -0.4 is 0 Å². The van der Waals surface area contributed by atoms with Crippen LogP contribution in [0.15, 0.2) is 188 Å². The first kappa shape index (κ1) is 36.0. The highest BCUT2D eigenvalue weighted by atomic mass is 15.0. The number of benzene rings is 8. The Morgan fingerprint density at radius 2 is 0.855 bits per heavy atom. The molecular formula is C55H31N7. The van der Waals surface area contributed by atoms with Crippen molar-refractivity contribution in [2.45, 2.75) is 0 Å². The molecule has 0 bridgehead atoms. The van der Waals surface area contributed by atoms with Crippen molar-refractivity contribution in [1.82, 2.24) is 19.1 Å². The fourth-order valence-electron chi connectivity index (χ4n) is 8.72. The van der Waals surface area contributed by atoms with Gasteiger partial charge in [0.1, 0.15) is 0 Å². The lowest BCUT2D eigenvalue weighted by Gasteiger charge is -2.13. The van der Waals surface area contributed by atoms with E-state index in [1.54, 1.807) is 24.3 Å². The maximum atomic E-state index is 8.26. The quantitative estimate of drug-likeness (QED) is 0.158. The molecule has 3 heterocycles. The first-order chi connectivity index (χ1) is 30.6. The van der Waals surface area contributed by atoms with E-state index in [0.717, 1.165) is 44.7 Å². The van der Waals surface area contributed by atoms with Gasteiger partial charge in [-0.25, -0.2) is 24.5 Å². The van der Waals surface area contributed by atoms with E-state index in [1.807, 2.05) is 48.5 Å². The molecule has 0 aliphatic heterocycles. The van der Waals surface area contributed by atoms with Gasteiger partial charge in [0.15, 0.2) is 22.9 Å². The Bertz CT molecular complexity index is 3610. The minimum Gasteiger partial charge on any atom is -0.309 e. The summed E-state index contributed by atoms with van der Waals surface area (Å²) >= 11 is 0. The second-order valence-corrected chi connectivity index (χ2v) is 15.1. The van der Waals surface area contributed by atoms with Gasteiger partial charge < -0.3 is 9.13 Å². The summed E-state index contributed by atoms with van der Waals surface area (Å²) in [4.78, 5) is 21.0. The fourth-order valence-corrected chi connectivity index (χ4v) is 8.72. The molecule has 0 fully saturated rings. The van der Waals surface area contributed by atoms with Crippen LogP contribution in [0.3, 0.4) is 0 Å². The zero-order chi connectivity index (χ0) is 41.7. The van der Waals surface area contributed by atoms with Crippen molar-refractivity contribution >= 4 is 60.7 Å². The number of hydrogen-bond acceptors (Lipinski definition) is 2. The summed E-state index contributed by atoms with van der Waals surface area (Å²) in [5, 5.41) is 4.82. The number of fused-ring (bicyclic) bond motifs is 6. The van der Waals surface area contributed by atoms with Crippen molar-refractivity contribution in [2.75, 3.05) is 0 Å². The number of rotatable bonds is 6. The van der Waals surface area contributed by atoms with E-state index in [1.165, 1.54) is 32.6 Å². The zero-order valence-corrected chi connectivity index (χ0v) is 33.0. The molecule has 0 atom stereocenters. The number of nitrogens with zero attached hydrogens (tertiary/aromatic N) is 7. The second-order valence-electron chi connectivity index (χ2n) is 15.1. The van der Waals surface area contributed by atoms with Crippen LogP contribution in [0, 0.1) is 19.7 Å². The first-order valence-corrected chi connectivity index (χ1v) is 20.1. The van der Waals surface area contributed by atoms with Crippen LogP contribution in [0.5, 0.6) is 0 Å². The van der Waals surface area contributed by atoms with E-state index in [0.29, 0.717) is 39.8 Å². The van der Waals surface area contributed by atoms with Gasteiger partial charge in [0, 0.05) is 38.5 Å². The first-order valence-electron chi connectivity index (χ1n) is 20.1. The summed E-state index contributed by atoms with van der Waals surface area (Å²) in [6.07, 6.45) is 0. The summed E-state index contributed by atoms with van der Waals surface area (Å²) in [5.41, 5.74) is 13.5. The lowest BCUT2D eigenvalue weighted by molar-refractivity contribution is 1.17. The van der Waals surface area contributed by atoms with E-state index in [2.05, 4.69) is 139 Å². The second kappa shape index (κ2) is 14.6. The summed E-state index contributed by atoms with van der Waals surface area (Å²) in [6.45, 7) is 23.4. The van der Waals surface area contributed by atoms with Gasteiger partial charge in [-0.05, 0) is 95.1 Å². The van der Waals surface area contributed by atoms with Gasteiger partial charge in [-0.2, -0.15) is 0 Å². The highest BCUT2D eigenvalue weighted by Gasteiger charge is 2.18. The Kier molecular flexibility index (Phi) is 8.50. The minimum atomic E-state index is 0.452. The average molecular weight is 790 g/mol. The Labute approximate surface area is 357 Å². The Balaban J connectivity index is 0.980. The van der Waals surface area contributed by atoms with Crippen LogP contribution in [0.25, 0.3) is 115 Å². The van der Waals surface area contributed by atoms with E-state index in [-0.39, 0.29) is 0 Å². The Morgan fingerprint density at radius 3 is 1.47 bits per heavy atom. The van der Waals surface area contributed by atoms with Gasteiger partial charge in [0.05, 0.1) is 53.2 Å². The maximum absolute atomic E-state index is 8.26. The van der Waals surface area contributed by atoms with Crippen LogP contribution >= 0.6 is 0 Å². The van der Waals surface area contributed by atoms with Crippen LogP contribution in [0.1, 0.15) is 0 Å². The van der Waals surface area contributed by atoms with E-state index in [4.69, 9.17) is 29.7 Å². The predicted molar refractivity (Wildman–Crippen MR) is 251 cm³/mol. The van der Waals surface area contributed by atoms with Crippen LogP contribution in [0.4, 0.5) is 17.1 Å². The molecule has 0 amide bonds. The molecule has 11 aromatic rings. The molecule has 7 nitrogen and oxygen atoms in total. The van der Waals surface area contributed by atoms with Crippen molar-refractivity contribution in [3.8, 4) is 56.4 Å². The smallest absolute Gasteiger partial charge is 0.195 e. The molecule has 7 heteroatoms. The van der Waals surface area contributed by atoms with Gasteiger partial charge in [-0.3, -0.25) is 0 Å². The number of aromatic nitrogens is 4. The lowest BCUT2D eigenvalue weighted by atomic mass is 9.99. The topological polar surface area (TPSA) is 48.7 Å². The third-order valence-corrected chi connectivity index (χ3v) is 11.6. The number of hydrogen-bond donors (Lipinski definition) is 0. The van der Waals surface area contributed by atoms with Crippen LogP contribution in [-0.2, 0) is 0 Å². The van der Waals surface area contributed by atoms with Crippen molar-refractivity contribution in [1.29, 1.82) is 0 Å². The van der Waals surface area contributed by atoms with Gasteiger partial charge in [-0.1, -0.05) is 115 Å². The van der Waals surface area contributed by atoms with E-state index in [9.17, 15) is 0 Å². The largest absolute Gasteiger partial charge is 0.309 e. The Morgan fingerprint density at radius 1 is 0.355 bits per heavy atom. The molecule has 0 saturated carbocycles. The summed E-state index contributed by atoms with van der Waals surface area (Å²) in [5.74, 6) is 0.452.